The number of rotatable bonds is 5. The Labute approximate surface area is 149 Å². The topological polar surface area (TPSA) is 0 Å². The number of hydrogen-bond acceptors (Lipinski definition) is 0. The number of hydrogen-bond donors (Lipinski definition) is 0. The van der Waals surface area contributed by atoms with Gasteiger partial charge in [-0.3, -0.25) is 0 Å². The molecule has 0 aromatic heterocycles. The second-order valence-electron chi connectivity index (χ2n) is 7.86. The predicted octanol–water partition coefficient (Wildman–Crippen LogP) is 6.14. The predicted molar refractivity (Wildman–Crippen MR) is 111 cm³/mol. The third-order valence-corrected chi connectivity index (χ3v) is 9.65. The lowest BCUT2D eigenvalue weighted by atomic mass is 9.94. The summed E-state index contributed by atoms with van der Waals surface area (Å²) in [7, 11) is -1.85. The monoisotopic (exact) mass is 334 g/mol. The van der Waals surface area contributed by atoms with Crippen molar-refractivity contribution in [2.75, 3.05) is 0 Å². The Morgan fingerprint density at radius 3 is 2.12 bits per heavy atom. The summed E-state index contributed by atoms with van der Waals surface area (Å²) in [6.45, 7) is 15.8. The molecule has 1 atom stereocenters. The molecule has 126 valence electrons. The van der Waals surface area contributed by atoms with E-state index in [-0.39, 0.29) is 5.41 Å². The first kappa shape index (κ1) is 18.5. The lowest BCUT2D eigenvalue weighted by Crippen LogP contribution is -2.49. The highest BCUT2D eigenvalue weighted by atomic mass is 28.3. The Morgan fingerprint density at radius 1 is 1.00 bits per heavy atom. The second-order valence-corrected chi connectivity index (χ2v) is 12.0. The zero-order chi connectivity index (χ0) is 17.8. The van der Waals surface area contributed by atoms with E-state index in [4.69, 9.17) is 0 Å². The molecule has 2 aromatic carbocycles. The van der Waals surface area contributed by atoms with Crippen LogP contribution in [0.4, 0.5) is 0 Å². The highest BCUT2D eigenvalue weighted by molar-refractivity contribution is 6.97. The quantitative estimate of drug-likeness (QED) is 0.455. The summed E-state index contributed by atoms with van der Waals surface area (Å²) in [6.07, 6.45) is 4.56. The van der Waals surface area contributed by atoms with Gasteiger partial charge < -0.3 is 0 Å². The van der Waals surface area contributed by atoms with Crippen LogP contribution in [-0.4, -0.2) is 8.07 Å². The van der Waals surface area contributed by atoms with E-state index in [1.165, 1.54) is 16.3 Å². The van der Waals surface area contributed by atoms with Gasteiger partial charge in [0.15, 0.2) is 0 Å². The molecule has 0 bridgehead atoms. The van der Waals surface area contributed by atoms with Crippen LogP contribution in [0.25, 0.3) is 6.08 Å². The average Bonchev–Trinajstić information content (AvgIpc) is 2.54. The summed E-state index contributed by atoms with van der Waals surface area (Å²) < 4.78 is 0. The van der Waals surface area contributed by atoms with Crippen LogP contribution in [0.3, 0.4) is 0 Å². The van der Waals surface area contributed by atoms with Crippen molar-refractivity contribution in [3.63, 3.8) is 0 Å². The highest BCUT2D eigenvalue weighted by Gasteiger charge is 2.38. The maximum absolute atomic E-state index is 4.07. The molecular formula is C23H30Si. The molecule has 0 nitrogen and oxygen atoms in total. The SMILES string of the molecule is C=CC[Si](C)(/C(=C/c1ccccc1C)C(C)(C)C)c1ccccc1. The summed E-state index contributed by atoms with van der Waals surface area (Å²) in [6, 6.07) is 20.8. The molecular weight excluding hydrogens is 304 g/mol. The van der Waals surface area contributed by atoms with Gasteiger partial charge in [-0.05, 0) is 29.5 Å². The van der Waals surface area contributed by atoms with E-state index in [1.807, 2.05) is 0 Å². The van der Waals surface area contributed by atoms with Gasteiger partial charge in [-0.2, -0.15) is 0 Å². The first-order valence-electron chi connectivity index (χ1n) is 8.74. The van der Waals surface area contributed by atoms with Gasteiger partial charge in [0.1, 0.15) is 8.07 Å². The summed E-state index contributed by atoms with van der Waals surface area (Å²) in [5.41, 5.74) is 2.80. The number of aryl methyl sites for hydroxylation is 1. The molecule has 0 amide bonds. The summed E-state index contributed by atoms with van der Waals surface area (Å²) in [5.74, 6) is 0. The zero-order valence-corrected chi connectivity index (χ0v) is 16.8. The van der Waals surface area contributed by atoms with Gasteiger partial charge in [0, 0.05) is 0 Å². The van der Waals surface area contributed by atoms with Crippen LogP contribution in [0.1, 0.15) is 31.9 Å². The Bertz CT molecular complexity index is 719. The Kier molecular flexibility index (Phi) is 5.66. The van der Waals surface area contributed by atoms with Gasteiger partial charge in [-0.15, -0.1) is 6.58 Å². The van der Waals surface area contributed by atoms with Crippen LogP contribution >= 0.6 is 0 Å². The summed E-state index contributed by atoms with van der Waals surface area (Å²) in [5, 5.41) is 3.06. The largest absolute Gasteiger partial charge is 0.114 e. The molecule has 0 fully saturated rings. The van der Waals surface area contributed by atoms with Gasteiger partial charge in [0.05, 0.1) is 0 Å². The molecule has 0 aliphatic rings. The van der Waals surface area contributed by atoms with Gasteiger partial charge in [0.2, 0.25) is 0 Å². The molecule has 1 heteroatoms. The maximum atomic E-state index is 4.07. The van der Waals surface area contributed by atoms with E-state index < -0.39 is 8.07 Å². The molecule has 0 N–H and O–H groups in total. The van der Waals surface area contributed by atoms with Crippen molar-refractivity contribution in [3.8, 4) is 0 Å². The maximum Gasteiger partial charge on any atom is 0.114 e. The van der Waals surface area contributed by atoms with Gasteiger partial charge >= 0.3 is 0 Å². The molecule has 0 aliphatic heterocycles. The van der Waals surface area contributed by atoms with Gasteiger partial charge in [0.25, 0.3) is 0 Å². The van der Waals surface area contributed by atoms with Crippen LogP contribution in [0.2, 0.25) is 12.6 Å². The fraction of sp³-hybridized carbons (Fsp3) is 0.304. The first-order chi connectivity index (χ1) is 11.3. The normalized spacial score (nSPS) is 15.0. The van der Waals surface area contributed by atoms with E-state index in [2.05, 4.69) is 108 Å². The fourth-order valence-electron chi connectivity index (χ4n) is 3.59. The smallest absolute Gasteiger partial charge is 0.103 e. The van der Waals surface area contributed by atoms with Crippen LogP contribution in [0, 0.1) is 12.3 Å². The molecule has 2 rings (SSSR count). The highest BCUT2D eigenvalue weighted by Crippen LogP contribution is 2.37. The first-order valence-corrected chi connectivity index (χ1v) is 11.4. The van der Waals surface area contributed by atoms with Crippen LogP contribution in [-0.2, 0) is 0 Å². The van der Waals surface area contributed by atoms with Crippen molar-refractivity contribution < 1.29 is 0 Å². The van der Waals surface area contributed by atoms with Gasteiger partial charge in [-0.1, -0.05) is 104 Å². The molecule has 24 heavy (non-hydrogen) atoms. The van der Waals surface area contributed by atoms with Crippen molar-refractivity contribution in [3.05, 3.63) is 83.6 Å². The van der Waals surface area contributed by atoms with E-state index >= 15 is 0 Å². The van der Waals surface area contributed by atoms with Crippen molar-refractivity contribution in [2.24, 2.45) is 5.41 Å². The van der Waals surface area contributed by atoms with Crippen molar-refractivity contribution in [1.82, 2.24) is 0 Å². The van der Waals surface area contributed by atoms with Crippen LogP contribution in [0.15, 0.2) is 72.4 Å². The zero-order valence-electron chi connectivity index (χ0n) is 15.8. The molecule has 1 unspecified atom stereocenters. The molecule has 0 spiro atoms. The van der Waals surface area contributed by atoms with E-state index in [0.29, 0.717) is 0 Å². The summed E-state index contributed by atoms with van der Waals surface area (Å²) in [4.78, 5) is 0. The Balaban J connectivity index is 2.69. The van der Waals surface area contributed by atoms with Crippen molar-refractivity contribution in [1.29, 1.82) is 0 Å². The Morgan fingerprint density at radius 2 is 1.58 bits per heavy atom. The lowest BCUT2D eigenvalue weighted by Gasteiger charge is -2.38. The molecule has 0 heterocycles. The molecule has 0 saturated heterocycles. The Hall–Kier alpha value is -1.86. The average molecular weight is 335 g/mol. The standard InChI is InChI=1S/C23H30Si/c1-7-17-24(6,21-15-9-8-10-16-21)22(23(3,4)5)18-20-14-12-11-13-19(20)2/h7-16,18H,1,17H2,2-6H3/b22-18+. The van der Waals surface area contributed by atoms with Crippen molar-refractivity contribution >= 4 is 19.3 Å². The number of benzene rings is 2. The van der Waals surface area contributed by atoms with Crippen LogP contribution < -0.4 is 5.19 Å². The molecule has 0 radical (unpaired) electrons. The van der Waals surface area contributed by atoms with E-state index in [1.54, 1.807) is 5.20 Å². The minimum atomic E-state index is -1.85. The van der Waals surface area contributed by atoms with Crippen molar-refractivity contribution in [2.45, 2.75) is 40.3 Å². The molecule has 0 saturated carbocycles. The summed E-state index contributed by atoms with van der Waals surface area (Å²) >= 11 is 0. The van der Waals surface area contributed by atoms with E-state index in [9.17, 15) is 0 Å². The molecule has 2 aromatic rings. The minimum absolute atomic E-state index is 0.127. The second kappa shape index (κ2) is 7.35. The molecule has 0 aliphatic carbocycles. The van der Waals surface area contributed by atoms with E-state index in [0.717, 1.165) is 6.04 Å². The van der Waals surface area contributed by atoms with Crippen LogP contribution in [0.5, 0.6) is 0 Å². The number of allylic oxidation sites excluding steroid dienone is 2. The third-order valence-electron chi connectivity index (χ3n) is 4.85. The van der Waals surface area contributed by atoms with Gasteiger partial charge in [-0.25, -0.2) is 0 Å². The lowest BCUT2D eigenvalue weighted by molar-refractivity contribution is 0.528. The minimum Gasteiger partial charge on any atom is -0.103 e. The third kappa shape index (κ3) is 3.96. The fourth-order valence-corrected chi connectivity index (χ4v) is 7.99.